The normalized spacial score (nSPS) is 20.0. The van der Waals surface area contributed by atoms with Crippen LogP contribution in [-0.2, 0) is 4.74 Å². The first-order chi connectivity index (χ1) is 9.47. The molecule has 0 spiro atoms. The third-order valence-electron chi connectivity index (χ3n) is 3.44. The quantitative estimate of drug-likeness (QED) is 0.924. The Kier molecular flexibility index (Phi) is 5.78. The molecule has 21 heavy (non-hydrogen) atoms. The van der Waals surface area contributed by atoms with Gasteiger partial charge in [-0.25, -0.2) is 13.6 Å². The Balaban J connectivity index is 0.00000220. The van der Waals surface area contributed by atoms with E-state index in [1.807, 2.05) is 13.8 Å². The molecule has 0 aromatic heterocycles. The highest BCUT2D eigenvalue weighted by Gasteiger charge is 2.46. The second-order valence-electron chi connectivity index (χ2n) is 4.68. The zero-order chi connectivity index (χ0) is 14.8. The van der Waals surface area contributed by atoms with Gasteiger partial charge in [-0.1, -0.05) is 12.1 Å². The predicted octanol–water partition coefficient (Wildman–Crippen LogP) is 3.37. The van der Waals surface area contributed by atoms with Crippen LogP contribution in [0, 0.1) is 0 Å². The summed E-state index contributed by atoms with van der Waals surface area (Å²) in [6.07, 6.45) is -0.811. The fourth-order valence-electron chi connectivity index (χ4n) is 2.30. The van der Waals surface area contributed by atoms with Gasteiger partial charge < -0.3 is 15.0 Å². The molecule has 1 fully saturated rings. The summed E-state index contributed by atoms with van der Waals surface area (Å²) in [5.41, 5.74) is 1.35. The van der Waals surface area contributed by atoms with E-state index in [1.165, 1.54) is 0 Å². The smallest absolute Gasteiger partial charge is 0.408 e. The molecule has 1 heterocycles. The summed E-state index contributed by atoms with van der Waals surface area (Å²) < 4.78 is 31.9. The van der Waals surface area contributed by atoms with E-state index in [1.54, 1.807) is 24.3 Å². The second kappa shape index (κ2) is 6.93. The lowest BCUT2D eigenvalue weighted by Gasteiger charge is -2.32. The standard InChI is InChI=1S/C14H18F2N2O2.ClH/c1-3-18(4-2)11-7-5-10(6-8-11)12-14(15,16)9-20-13(19)17-12;/h5-8,12H,3-4,9H2,1-2H3,(H,17,19);1H/t12-;/m1./s1. The first-order valence-corrected chi connectivity index (χ1v) is 6.64. The number of amides is 1. The molecule has 0 saturated carbocycles. The molecule has 7 heteroatoms. The summed E-state index contributed by atoms with van der Waals surface area (Å²) >= 11 is 0. The third kappa shape index (κ3) is 3.75. The van der Waals surface area contributed by atoms with Gasteiger partial charge in [0, 0.05) is 18.8 Å². The Morgan fingerprint density at radius 2 is 1.86 bits per heavy atom. The van der Waals surface area contributed by atoms with Gasteiger partial charge in [-0.05, 0) is 31.5 Å². The van der Waals surface area contributed by atoms with Gasteiger partial charge in [0.05, 0.1) is 0 Å². The van der Waals surface area contributed by atoms with Gasteiger partial charge in [0.2, 0.25) is 0 Å². The molecule has 1 aliphatic rings. The number of carbonyl (C=O) groups is 1. The Bertz CT molecular complexity index is 478. The van der Waals surface area contributed by atoms with Crippen LogP contribution in [0.25, 0.3) is 0 Å². The van der Waals surface area contributed by atoms with Crippen molar-refractivity contribution in [2.24, 2.45) is 0 Å². The average molecular weight is 321 g/mol. The Morgan fingerprint density at radius 1 is 1.29 bits per heavy atom. The molecular formula is C14H19ClF2N2O2. The number of nitrogens with zero attached hydrogens (tertiary/aromatic N) is 1. The Labute approximate surface area is 128 Å². The van der Waals surface area contributed by atoms with E-state index in [0.717, 1.165) is 18.8 Å². The molecule has 0 unspecified atom stereocenters. The maximum absolute atomic E-state index is 13.8. The molecule has 1 amide bonds. The van der Waals surface area contributed by atoms with Crippen molar-refractivity contribution in [3.8, 4) is 0 Å². The maximum Gasteiger partial charge on any atom is 0.408 e. The van der Waals surface area contributed by atoms with Crippen molar-refractivity contribution >= 4 is 24.2 Å². The molecule has 0 radical (unpaired) electrons. The van der Waals surface area contributed by atoms with Gasteiger partial charge in [-0.3, -0.25) is 0 Å². The number of anilines is 1. The minimum atomic E-state index is -3.11. The summed E-state index contributed by atoms with van der Waals surface area (Å²) in [5.74, 6) is -3.11. The third-order valence-corrected chi connectivity index (χ3v) is 3.44. The van der Waals surface area contributed by atoms with Crippen LogP contribution in [0.1, 0.15) is 25.5 Å². The van der Waals surface area contributed by atoms with Gasteiger partial charge in [0.1, 0.15) is 6.04 Å². The largest absolute Gasteiger partial charge is 0.443 e. The summed E-state index contributed by atoms with van der Waals surface area (Å²) in [7, 11) is 0. The molecule has 4 nitrogen and oxygen atoms in total. The maximum atomic E-state index is 13.8. The molecule has 1 atom stereocenters. The monoisotopic (exact) mass is 320 g/mol. The van der Waals surface area contributed by atoms with Gasteiger partial charge in [0.15, 0.2) is 6.61 Å². The number of hydrogen-bond donors (Lipinski definition) is 1. The fraction of sp³-hybridized carbons (Fsp3) is 0.500. The topological polar surface area (TPSA) is 41.6 Å². The first kappa shape index (κ1) is 17.5. The zero-order valence-corrected chi connectivity index (χ0v) is 12.8. The molecule has 118 valence electrons. The molecule has 1 aromatic carbocycles. The lowest BCUT2D eigenvalue weighted by molar-refractivity contribution is -0.104. The second-order valence-corrected chi connectivity index (χ2v) is 4.68. The first-order valence-electron chi connectivity index (χ1n) is 6.64. The number of nitrogens with one attached hydrogen (secondary N) is 1. The van der Waals surface area contributed by atoms with Gasteiger partial charge in [-0.2, -0.15) is 0 Å². The minimum Gasteiger partial charge on any atom is -0.443 e. The van der Waals surface area contributed by atoms with Gasteiger partial charge in [0.25, 0.3) is 0 Å². The van der Waals surface area contributed by atoms with E-state index in [9.17, 15) is 13.6 Å². The van der Waals surface area contributed by atoms with Gasteiger partial charge in [-0.15, -0.1) is 12.4 Å². The Morgan fingerprint density at radius 3 is 2.38 bits per heavy atom. The highest BCUT2D eigenvalue weighted by atomic mass is 35.5. The van der Waals surface area contributed by atoms with E-state index in [2.05, 4.69) is 15.0 Å². The van der Waals surface area contributed by atoms with Crippen LogP contribution < -0.4 is 10.2 Å². The minimum absolute atomic E-state index is 0. The SMILES string of the molecule is CCN(CC)c1ccc([C@H]2NC(=O)OCC2(F)F)cc1.Cl. The van der Waals surface area contributed by atoms with E-state index >= 15 is 0 Å². The van der Waals surface area contributed by atoms with Crippen LogP contribution in [0.2, 0.25) is 0 Å². The van der Waals surface area contributed by atoms with Crippen molar-refractivity contribution < 1.29 is 18.3 Å². The molecule has 2 rings (SSSR count). The number of ether oxygens (including phenoxy) is 1. The lowest BCUT2D eigenvalue weighted by atomic mass is 9.99. The highest BCUT2D eigenvalue weighted by Crippen LogP contribution is 2.35. The average Bonchev–Trinajstić information content (AvgIpc) is 2.44. The number of hydrogen-bond acceptors (Lipinski definition) is 3. The summed E-state index contributed by atoms with van der Waals surface area (Å²) in [4.78, 5) is 13.2. The van der Waals surface area contributed by atoms with Gasteiger partial charge >= 0.3 is 12.0 Å². The highest BCUT2D eigenvalue weighted by molar-refractivity contribution is 5.85. The van der Waals surface area contributed by atoms with E-state index in [0.29, 0.717) is 5.56 Å². The van der Waals surface area contributed by atoms with Crippen LogP contribution in [-0.4, -0.2) is 31.7 Å². The summed E-state index contributed by atoms with van der Waals surface area (Å²) in [6, 6.07) is 5.49. The fourth-order valence-corrected chi connectivity index (χ4v) is 2.30. The lowest BCUT2D eigenvalue weighted by Crippen LogP contribution is -2.49. The molecule has 1 aromatic rings. The van der Waals surface area contributed by atoms with Crippen molar-refractivity contribution in [1.29, 1.82) is 0 Å². The summed E-state index contributed by atoms with van der Waals surface area (Å²) in [6.45, 7) is 4.87. The number of halogens is 3. The molecule has 1 N–H and O–H groups in total. The number of benzene rings is 1. The van der Waals surface area contributed by atoms with Crippen LogP contribution in [0.4, 0.5) is 19.3 Å². The number of carbonyl (C=O) groups excluding carboxylic acids is 1. The number of rotatable bonds is 4. The molecule has 0 bridgehead atoms. The number of alkyl halides is 2. The zero-order valence-electron chi connectivity index (χ0n) is 11.9. The van der Waals surface area contributed by atoms with Crippen molar-refractivity contribution in [2.75, 3.05) is 24.6 Å². The van der Waals surface area contributed by atoms with Crippen molar-refractivity contribution in [3.05, 3.63) is 29.8 Å². The van der Waals surface area contributed by atoms with Crippen LogP contribution in [0.5, 0.6) is 0 Å². The molecule has 1 aliphatic heterocycles. The Hall–Kier alpha value is -1.56. The molecule has 0 aliphatic carbocycles. The molecule has 1 saturated heterocycles. The van der Waals surface area contributed by atoms with Crippen LogP contribution in [0.15, 0.2) is 24.3 Å². The predicted molar refractivity (Wildman–Crippen MR) is 79.4 cm³/mol. The number of alkyl carbamates (subject to hydrolysis) is 1. The molecular weight excluding hydrogens is 302 g/mol. The van der Waals surface area contributed by atoms with E-state index in [4.69, 9.17) is 0 Å². The van der Waals surface area contributed by atoms with Crippen molar-refractivity contribution in [2.45, 2.75) is 25.8 Å². The number of cyclic esters (lactones) is 1. The summed E-state index contributed by atoms with van der Waals surface area (Å²) in [5, 5.41) is 2.17. The van der Waals surface area contributed by atoms with Crippen molar-refractivity contribution in [3.63, 3.8) is 0 Å². The van der Waals surface area contributed by atoms with Crippen molar-refractivity contribution in [1.82, 2.24) is 5.32 Å². The van der Waals surface area contributed by atoms with E-state index < -0.39 is 24.7 Å². The van der Waals surface area contributed by atoms with E-state index in [-0.39, 0.29) is 12.4 Å². The van der Waals surface area contributed by atoms with Crippen LogP contribution in [0.3, 0.4) is 0 Å². The van der Waals surface area contributed by atoms with Crippen LogP contribution >= 0.6 is 12.4 Å².